The fourth-order valence-corrected chi connectivity index (χ4v) is 1.79. The molecular formula is C12H27Cl2N3O2. The highest BCUT2D eigenvalue weighted by Gasteiger charge is 2.19. The fourth-order valence-electron chi connectivity index (χ4n) is 1.79. The number of nitrogens with two attached hydrogens (primary N) is 1. The highest BCUT2D eigenvalue weighted by molar-refractivity contribution is 5.85. The Labute approximate surface area is 128 Å². The highest BCUT2D eigenvalue weighted by atomic mass is 35.5. The molecule has 1 amide bonds. The third-order valence-electron chi connectivity index (χ3n) is 3.39. The number of carbonyl (C=O) groups is 1. The molecular weight excluding hydrogens is 289 g/mol. The second-order valence-electron chi connectivity index (χ2n) is 4.66. The Morgan fingerprint density at radius 1 is 1.37 bits per heavy atom. The van der Waals surface area contributed by atoms with Gasteiger partial charge in [-0.25, -0.2) is 0 Å². The van der Waals surface area contributed by atoms with Gasteiger partial charge in [-0.1, -0.05) is 20.3 Å². The number of carbonyl (C=O) groups excluding carboxylic acids is 1. The number of amides is 1. The van der Waals surface area contributed by atoms with Crippen molar-refractivity contribution in [3.63, 3.8) is 0 Å². The van der Waals surface area contributed by atoms with Crippen molar-refractivity contribution in [2.24, 2.45) is 11.7 Å². The molecule has 0 aromatic carbocycles. The molecule has 1 aliphatic rings. The monoisotopic (exact) mass is 315 g/mol. The van der Waals surface area contributed by atoms with Crippen molar-refractivity contribution in [3.8, 4) is 0 Å². The molecule has 1 aliphatic heterocycles. The summed E-state index contributed by atoms with van der Waals surface area (Å²) in [5.74, 6) is 0.200. The lowest BCUT2D eigenvalue weighted by Crippen LogP contribution is -2.47. The SMILES string of the molecule is CC[C@H](C)[C@H](N)C(=O)NCCN1CCOCC1.Cl.Cl. The summed E-state index contributed by atoms with van der Waals surface area (Å²) >= 11 is 0. The van der Waals surface area contributed by atoms with Crippen molar-refractivity contribution in [2.75, 3.05) is 39.4 Å². The maximum Gasteiger partial charge on any atom is 0.237 e. The Morgan fingerprint density at radius 3 is 2.47 bits per heavy atom. The van der Waals surface area contributed by atoms with Crippen LogP contribution in [0.4, 0.5) is 0 Å². The van der Waals surface area contributed by atoms with E-state index in [1.807, 2.05) is 13.8 Å². The van der Waals surface area contributed by atoms with Gasteiger partial charge in [0, 0.05) is 26.2 Å². The number of hydrogen-bond donors (Lipinski definition) is 2. The Bertz CT molecular complexity index is 239. The minimum atomic E-state index is -0.385. The first kappa shape index (κ1) is 21.2. The molecule has 1 heterocycles. The molecule has 1 fully saturated rings. The maximum atomic E-state index is 11.7. The first-order valence-electron chi connectivity index (χ1n) is 6.48. The van der Waals surface area contributed by atoms with Crippen molar-refractivity contribution >= 4 is 30.7 Å². The topological polar surface area (TPSA) is 67.6 Å². The minimum Gasteiger partial charge on any atom is -0.379 e. The van der Waals surface area contributed by atoms with Gasteiger partial charge < -0.3 is 15.8 Å². The van der Waals surface area contributed by atoms with Gasteiger partial charge in [0.05, 0.1) is 19.3 Å². The van der Waals surface area contributed by atoms with Crippen LogP contribution in [-0.4, -0.2) is 56.2 Å². The zero-order chi connectivity index (χ0) is 12.7. The number of nitrogens with zero attached hydrogens (tertiary/aromatic N) is 1. The van der Waals surface area contributed by atoms with Crippen LogP contribution < -0.4 is 11.1 Å². The van der Waals surface area contributed by atoms with Crippen LogP contribution in [0.25, 0.3) is 0 Å². The van der Waals surface area contributed by atoms with Gasteiger partial charge in [-0.2, -0.15) is 0 Å². The van der Waals surface area contributed by atoms with E-state index in [9.17, 15) is 4.79 Å². The zero-order valence-corrected chi connectivity index (χ0v) is 13.4. The van der Waals surface area contributed by atoms with E-state index in [0.717, 1.165) is 39.3 Å². The van der Waals surface area contributed by atoms with Gasteiger partial charge in [-0.15, -0.1) is 24.8 Å². The average molecular weight is 316 g/mol. The van der Waals surface area contributed by atoms with Gasteiger partial charge in [0.2, 0.25) is 5.91 Å². The summed E-state index contributed by atoms with van der Waals surface area (Å²) in [6, 6.07) is -0.385. The van der Waals surface area contributed by atoms with E-state index in [1.54, 1.807) is 0 Å². The molecule has 0 bridgehead atoms. The summed E-state index contributed by atoms with van der Waals surface area (Å²) in [6.45, 7) is 9.09. The molecule has 0 spiro atoms. The molecule has 1 rings (SSSR count). The van der Waals surface area contributed by atoms with Crippen molar-refractivity contribution in [1.82, 2.24) is 10.2 Å². The van der Waals surface area contributed by atoms with Crippen LogP contribution in [0.5, 0.6) is 0 Å². The largest absolute Gasteiger partial charge is 0.379 e. The maximum absolute atomic E-state index is 11.7. The van der Waals surface area contributed by atoms with Crippen molar-refractivity contribution in [1.29, 1.82) is 0 Å². The first-order chi connectivity index (χ1) is 8.15. The highest BCUT2D eigenvalue weighted by Crippen LogP contribution is 2.04. The van der Waals surface area contributed by atoms with E-state index in [-0.39, 0.29) is 42.7 Å². The van der Waals surface area contributed by atoms with Crippen LogP contribution in [0.2, 0.25) is 0 Å². The molecule has 0 aliphatic carbocycles. The molecule has 0 radical (unpaired) electrons. The van der Waals surface area contributed by atoms with E-state index in [0.29, 0.717) is 6.54 Å². The summed E-state index contributed by atoms with van der Waals surface area (Å²) in [6.07, 6.45) is 0.929. The molecule has 3 N–H and O–H groups in total. The summed E-state index contributed by atoms with van der Waals surface area (Å²) in [7, 11) is 0. The molecule has 116 valence electrons. The van der Waals surface area contributed by atoms with Crippen molar-refractivity contribution in [3.05, 3.63) is 0 Å². The second-order valence-corrected chi connectivity index (χ2v) is 4.66. The molecule has 5 nitrogen and oxygen atoms in total. The number of ether oxygens (including phenoxy) is 1. The lowest BCUT2D eigenvalue weighted by molar-refractivity contribution is -0.123. The summed E-state index contributed by atoms with van der Waals surface area (Å²) in [5, 5.41) is 2.90. The number of halogens is 2. The molecule has 19 heavy (non-hydrogen) atoms. The molecule has 1 saturated heterocycles. The van der Waals surface area contributed by atoms with Gasteiger partial charge in [-0.05, 0) is 5.92 Å². The van der Waals surface area contributed by atoms with E-state index in [4.69, 9.17) is 10.5 Å². The number of hydrogen-bond acceptors (Lipinski definition) is 4. The Hall–Kier alpha value is -0.0700. The molecule has 0 unspecified atom stereocenters. The lowest BCUT2D eigenvalue weighted by Gasteiger charge is -2.27. The minimum absolute atomic E-state index is 0. The molecule has 2 atom stereocenters. The van der Waals surface area contributed by atoms with Crippen LogP contribution in [0.15, 0.2) is 0 Å². The smallest absolute Gasteiger partial charge is 0.237 e. The Morgan fingerprint density at radius 2 is 1.95 bits per heavy atom. The molecule has 7 heteroatoms. The average Bonchev–Trinajstić information content (AvgIpc) is 2.38. The Balaban J connectivity index is 0. The van der Waals surface area contributed by atoms with Crippen LogP contribution in [0.3, 0.4) is 0 Å². The normalized spacial score (nSPS) is 18.7. The van der Waals surface area contributed by atoms with Crippen LogP contribution in [0.1, 0.15) is 20.3 Å². The summed E-state index contributed by atoms with van der Waals surface area (Å²) in [5.41, 5.74) is 5.84. The third-order valence-corrected chi connectivity index (χ3v) is 3.39. The standard InChI is InChI=1S/C12H25N3O2.2ClH/c1-3-10(2)11(13)12(16)14-4-5-15-6-8-17-9-7-15;;/h10-11H,3-9,13H2,1-2H3,(H,14,16);2*1H/t10-,11-;;/m0../s1. The second kappa shape index (κ2) is 11.7. The van der Waals surface area contributed by atoms with Gasteiger partial charge in [0.15, 0.2) is 0 Å². The van der Waals surface area contributed by atoms with Gasteiger partial charge >= 0.3 is 0 Å². The lowest BCUT2D eigenvalue weighted by atomic mass is 9.99. The van der Waals surface area contributed by atoms with E-state index >= 15 is 0 Å². The van der Waals surface area contributed by atoms with Gasteiger partial charge in [0.25, 0.3) is 0 Å². The number of morpholine rings is 1. The third kappa shape index (κ3) is 7.95. The van der Waals surface area contributed by atoms with Gasteiger partial charge in [0.1, 0.15) is 0 Å². The van der Waals surface area contributed by atoms with Crippen LogP contribution >= 0.6 is 24.8 Å². The van der Waals surface area contributed by atoms with Crippen LogP contribution in [0, 0.1) is 5.92 Å². The predicted octanol–water partition coefficient (Wildman–Crippen LogP) is 0.652. The molecule has 0 aromatic heterocycles. The van der Waals surface area contributed by atoms with E-state index in [1.165, 1.54) is 0 Å². The number of rotatable bonds is 6. The summed E-state index contributed by atoms with van der Waals surface area (Å²) < 4.78 is 5.26. The summed E-state index contributed by atoms with van der Waals surface area (Å²) in [4.78, 5) is 14.0. The zero-order valence-electron chi connectivity index (χ0n) is 11.8. The number of nitrogens with one attached hydrogen (secondary N) is 1. The van der Waals surface area contributed by atoms with E-state index < -0.39 is 0 Å². The fraction of sp³-hybridized carbons (Fsp3) is 0.917. The molecule has 0 aromatic rings. The van der Waals surface area contributed by atoms with Crippen molar-refractivity contribution in [2.45, 2.75) is 26.3 Å². The Kier molecular flexibility index (Phi) is 13.1. The first-order valence-corrected chi connectivity index (χ1v) is 6.48. The van der Waals surface area contributed by atoms with Gasteiger partial charge in [-0.3, -0.25) is 9.69 Å². The molecule has 0 saturated carbocycles. The van der Waals surface area contributed by atoms with E-state index in [2.05, 4.69) is 10.2 Å². The predicted molar refractivity (Wildman–Crippen MR) is 82.2 cm³/mol. The van der Waals surface area contributed by atoms with Crippen LogP contribution in [-0.2, 0) is 9.53 Å². The quantitative estimate of drug-likeness (QED) is 0.755. The van der Waals surface area contributed by atoms with Crippen molar-refractivity contribution < 1.29 is 9.53 Å².